The first-order chi connectivity index (χ1) is 10.8. The second-order valence-corrected chi connectivity index (χ2v) is 8.14. The van der Waals surface area contributed by atoms with Gasteiger partial charge in [-0.3, -0.25) is 4.55 Å². The number of carboxylic acid groups (broad SMARTS) is 1. The van der Waals surface area contributed by atoms with E-state index in [0.29, 0.717) is 13.0 Å². The fourth-order valence-electron chi connectivity index (χ4n) is 1.66. The molecule has 7 nitrogen and oxygen atoms in total. The second kappa shape index (κ2) is 10.8. The van der Waals surface area contributed by atoms with Crippen molar-refractivity contribution >= 4 is 16.1 Å². The molecule has 0 aromatic carbocycles. The van der Waals surface area contributed by atoms with Gasteiger partial charge in [0, 0.05) is 17.6 Å². The summed E-state index contributed by atoms with van der Waals surface area (Å²) in [6.45, 7) is 12.4. The Labute approximate surface area is 146 Å². The van der Waals surface area contributed by atoms with E-state index < -0.39 is 26.4 Å². The van der Waals surface area contributed by atoms with Crippen molar-refractivity contribution in [1.82, 2.24) is 0 Å². The molecule has 0 aliphatic rings. The molecule has 0 aliphatic carbocycles. The molecule has 2 unspecified atom stereocenters. The zero-order valence-electron chi connectivity index (χ0n) is 15.5. The SMILES string of the molecule is C=C(C)C(=O)O.CCCCCOCC(C)(CC)C(C)(N)S(=O)(=O)O. The summed E-state index contributed by atoms with van der Waals surface area (Å²) in [6.07, 6.45) is 3.64. The fourth-order valence-corrected chi connectivity index (χ4v) is 2.49. The van der Waals surface area contributed by atoms with Crippen molar-refractivity contribution in [3.05, 3.63) is 12.2 Å². The van der Waals surface area contributed by atoms with Gasteiger partial charge in [-0.05, 0) is 26.7 Å². The highest BCUT2D eigenvalue weighted by Crippen LogP contribution is 2.36. The maximum absolute atomic E-state index is 11.4. The molecular weight excluding hydrogens is 334 g/mol. The molecule has 0 saturated carbocycles. The summed E-state index contributed by atoms with van der Waals surface area (Å²) in [5.41, 5.74) is 5.17. The van der Waals surface area contributed by atoms with Crippen LogP contribution >= 0.6 is 0 Å². The van der Waals surface area contributed by atoms with Gasteiger partial charge in [0.25, 0.3) is 10.1 Å². The number of rotatable bonds is 10. The van der Waals surface area contributed by atoms with Crippen molar-refractivity contribution in [2.45, 2.75) is 65.2 Å². The van der Waals surface area contributed by atoms with Gasteiger partial charge in [0.05, 0.1) is 6.61 Å². The first-order valence-electron chi connectivity index (χ1n) is 7.99. The fraction of sp³-hybridized carbons (Fsp3) is 0.812. The van der Waals surface area contributed by atoms with Gasteiger partial charge in [0.1, 0.15) is 4.87 Å². The monoisotopic (exact) mass is 367 g/mol. The van der Waals surface area contributed by atoms with Crippen molar-refractivity contribution in [2.24, 2.45) is 11.1 Å². The predicted molar refractivity (Wildman–Crippen MR) is 95.3 cm³/mol. The average molecular weight is 368 g/mol. The number of hydrogen-bond acceptors (Lipinski definition) is 5. The number of aliphatic carboxylic acids is 1. The normalized spacial score (nSPS) is 16.3. The van der Waals surface area contributed by atoms with Crippen molar-refractivity contribution in [1.29, 1.82) is 0 Å². The Balaban J connectivity index is 0. The Morgan fingerprint density at radius 2 is 1.71 bits per heavy atom. The standard InChI is InChI=1S/C12H27NO4S.C4H6O2/c1-5-7-8-9-17-10-11(3,6-2)12(4,13)18(14,15)16;1-3(2)4(5)6/h5-10,13H2,1-4H3,(H,14,15,16);1H2,2H3,(H,5,6). The third kappa shape index (κ3) is 8.23. The van der Waals surface area contributed by atoms with E-state index in [4.69, 9.17) is 15.6 Å². The van der Waals surface area contributed by atoms with E-state index in [2.05, 4.69) is 13.5 Å². The largest absolute Gasteiger partial charge is 0.478 e. The van der Waals surface area contributed by atoms with Crippen LogP contribution in [0.2, 0.25) is 0 Å². The first-order valence-corrected chi connectivity index (χ1v) is 9.43. The zero-order valence-corrected chi connectivity index (χ0v) is 16.3. The molecule has 0 rings (SSSR count). The van der Waals surface area contributed by atoms with Gasteiger partial charge < -0.3 is 15.6 Å². The minimum absolute atomic E-state index is 0.176. The van der Waals surface area contributed by atoms with Crippen LogP contribution in [-0.4, -0.2) is 42.1 Å². The minimum atomic E-state index is -4.32. The van der Waals surface area contributed by atoms with Crippen LogP contribution in [0, 0.1) is 5.41 Å². The Morgan fingerprint density at radius 1 is 1.25 bits per heavy atom. The highest BCUT2D eigenvalue weighted by Gasteiger charge is 2.49. The van der Waals surface area contributed by atoms with Gasteiger partial charge in [-0.25, -0.2) is 4.79 Å². The van der Waals surface area contributed by atoms with Gasteiger partial charge in [-0.1, -0.05) is 40.2 Å². The molecule has 8 heteroatoms. The molecule has 0 saturated heterocycles. The Bertz CT molecular complexity index is 489. The van der Waals surface area contributed by atoms with E-state index in [9.17, 15) is 17.8 Å². The van der Waals surface area contributed by atoms with Crippen LogP contribution in [0.4, 0.5) is 0 Å². The number of carbonyl (C=O) groups is 1. The minimum Gasteiger partial charge on any atom is -0.478 e. The molecular formula is C16H33NO6S. The molecule has 0 heterocycles. The van der Waals surface area contributed by atoms with E-state index in [1.807, 2.05) is 6.92 Å². The van der Waals surface area contributed by atoms with Crippen LogP contribution in [0.5, 0.6) is 0 Å². The second-order valence-electron chi connectivity index (χ2n) is 6.34. The lowest BCUT2D eigenvalue weighted by atomic mass is 9.81. The molecule has 0 aromatic rings. The van der Waals surface area contributed by atoms with E-state index in [1.54, 1.807) is 6.92 Å². The van der Waals surface area contributed by atoms with Crippen molar-refractivity contribution in [2.75, 3.05) is 13.2 Å². The zero-order chi connectivity index (χ0) is 19.6. The molecule has 0 aromatic heterocycles. The number of unbranched alkanes of at least 4 members (excludes halogenated alkanes) is 2. The van der Waals surface area contributed by atoms with E-state index in [-0.39, 0.29) is 12.2 Å². The van der Waals surface area contributed by atoms with Crippen LogP contribution in [0.3, 0.4) is 0 Å². The topological polar surface area (TPSA) is 127 Å². The number of hydrogen-bond donors (Lipinski definition) is 3. The van der Waals surface area contributed by atoms with Gasteiger partial charge >= 0.3 is 5.97 Å². The third-order valence-corrected chi connectivity index (χ3v) is 5.76. The average Bonchev–Trinajstić information content (AvgIpc) is 2.45. The summed E-state index contributed by atoms with van der Waals surface area (Å²) in [5.74, 6) is -0.935. The third-order valence-electron chi connectivity index (χ3n) is 4.19. The lowest BCUT2D eigenvalue weighted by Crippen LogP contribution is -2.58. The molecule has 0 spiro atoms. The quantitative estimate of drug-likeness (QED) is 0.308. The van der Waals surface area contributed by atoms with Crippen LogP contribution in [0.25, 0.3) is 0 Å². The maximum atomic E-state index is 11.4. The summed E-state index contributed by atoms with van der Waals surface area (Å²) >= 11 is 0. The van der Waals surface area contributed by atoms with Crippen LogP contribution < -0.4 is 5.73 Å². The smallest absolute Gasteiger partial charge is 0.330 e. The summed E-state index contributed by atoms with van der Waals surface area (Å²) in [6, 6.07) is 0. The molecule has 144 valence electrons. The number of ether oxygens (including phenoxy) is 1. The molecule has 24 heavy (non-hydrogen) atoms. The summed E-state index contributed by atoms with van der Waals surface area (Å²) in [5, 5.41) is 7.89. The Hall–Kier alpha value is -0.960. The van der Waals surface area contributed by atoms with E-state index in [0.717, 1.165) is 19.3 Å². The molecule has 2 atom stereocenters. The summed E-state index contributed by atoms with van der Waals surface area (Å²) < 4.78 is 37.5. The summed E-state index contributed by atoms with van der Waals surface area (Å²) in [7, 11) is -4.32. The van der Waals surface area contributed by atoms with Crippen LogP contribution in [0.1, 0.15) is 60.3 Å². The highest BCUT2D eigenvalue weighted by molar-refractivity contribution is 7.87. The molecule has 0 fully saturated rings. The molecule has 0 radical (unpaired) electrons. The Kier molecular flexibility index (Phi) is 11.4. The van der Waals surface area contributed by atoms with Gasteiger partial charge in [0.2, 0.25) is 0 Å². The molecule has 0 bridgehead atoms. The van der Waals surface area contributed by atoms with Crippen LogP contribution in [0.15, 0.2) is 12.2 Å². The first kappa shape index (κ1) is 25.3. The molecule has 0 aliphatic heterocycles. The van der Waals surface area contributed by atoms with Crippen molar-refractivity contribution < 1.29 is 27.6 Å². The van der Waals surface area contributed by atoms with Crippen molar-refractivity contribution in [3.63, 3.8) is 0 Å². The highest BCUT2D eigenvalue weighted by atomic mass is 32.2. The number of carboxylic acids is 1. The lowest BCUT2D eigenvalue weighted by molar-refractivity contribution is -0.132. The number of nitrogens with two attached hydrogens (primary N) is 1. The molecule has 0 amide bonds. The van der Waals surface area contributed by atoms with E-state index >= 15 is 0 Å². The maximum Gasteiger partial charge on any atom is 0.330 e. The summed E-state index contributed by atoms with van der Waals surface area (Å²) in [4.78, 5) is 7.89. The lowest BCUT2D eigenvalue weighted by Gasteiger charge is -2.40. The Morgan fingerprint density at radius 3 is 2.00 bits per heavy atom. The van der Waals surface area contributed by atoms with Gasteiger partial charge in [-0.15, -0.1) is 0 Å². The molecule has 4 N–H and O–H groups in total. The van der Waals surface area contributed by atoms with Gasteiger partial charge in [0.15, 0.2) is 0 Å². The van der Waals surface area contributed by atoms with Crippen LogP contribution in [-0.2, 0) is 19.6 Å². The predicted octanol–water partition coefficient (Wildman–Crippen LogP) is 2.82. The van der Waals surface area contributed by atoms with Gasteiger partial charge in [-0.2, -0.15) is 8.42 Å². The van der Waals surface area contributed by atoms with E-state index in [1.165, 1.54) is 13.8 Å². The van der Waals surface area contributed by atoms with Crippen molar-refractivity contribution in [3.8, 4) is 0 Å².